The van der Waals surface area contributed by atoms with E-state index >= 15 is 0 Å². The second-order valence-corrected chi connectivity index (χ2v) is 4.92. The predicted molar refractivity (Wildman–Crippen MR) is 81.3 cm³/mol. The molecule has 0 atom stereocenters. The normalized spacial score (nSPS) is 13.3. The van der Waals surface area contributed by atoms with Gasteiger partial charge in [-0.3, -0.25) is 4.79 Å². The zero-order valence-corrected chi connectivity index (χ0v) is 11.6. The molecule has 0 fully saturated rings. The first kappa shape index (κ1) is 12.6. The third-order valence-corrected chi connectivity index (χ3v) is 3.69. The number of pyridine rings is 1. The monoisotopic (exact) mass is 293 g/mol. The maximum Gasteiger partial charge on any atom is 0.216 e. The zero-order valence-electron chi connectivity index (χ0n) is 11.6. The van der Waals surface area contributed by atoms with Crippen molar-refractivity contribution < 1.29 is 14.6 Å². The first-order valence-corrected chi connectivity index (χ1v) is 6.66. The summed E-state index contributed by atoms with van der Waals surface area (Å²) >= 11 is 0. The predicted octanol–water partition coefficient (Wildman–Crippen LogP) is 2.59. The van der Waals surface area contributed by atoms with Gasteiger partial charge in [-0.05, 0) is 30.3 Å². The number of Topliss-reactive ketones (excluding diaryl/α,β-unsaturated/α-hetero) is 1. The Bertz CT molecular complexity index is 956. The molecule has 3 aromatic rings. The van der Waals surface area contributed by atoms with Crippen molar-refractivity contribution in [2.75, 3.05) is 7.11 Å². The molecule has 0 amide bonds. The van der Waals surface area contributed by atoms with Gasteiger partial charge in [0.15, 0.2) is 11.7 Å². The second-order valence-electron chi connectivity index (χ2n) is 4.92. The van der Waals surface area contributed by atoms with E-state index < -0.39 is 0 Å². The van der Waals surface area contributed by atoms with Crippen molar-refractivity contribution in [2.45, 2.75) is 0 Å². The molecule has 2 aromatic heterocycles. The van der Waals surface area contributed by atoms with Crippen molar-refractivity contribution in [2.24, 2.45) is 4.99 Å². The van der Waals surface area contributed by atoms with Crippen LogP contribution in [0.2, 0.25) is 0 Å². The topological polar surface area (TPSA) is 87.6 Å². The van der Waals surface area contributed by atoms with Crippen LogP contribution in [-0.2, 0) is 0 Å². The van der Waals surface area contributed by atoms with Crippen LogP contribution in [0.25, 0.3) is 10.9 Å². The molecule has 0 bridgehead atoms. The lowest BCUT2D eigenvalue weighted by atomic mass is 10.0. The summed E-state index contributed by atoms with van der Waals surface area (Å²) in [6.45, 7) is 0. The summed E-state index contributed by atoms with van der Waals surface area (Å²) in [6.07, 6.45) is 1.58. The van der Waals surface area contributed by atoms with E-state index in [2.05, 4.69) is 15.0 Å². The molecule has 108 valence electrons. The summed E-state index contributed by atoms with van der Waals surface area (Å²) in [4.78, 5) is 23.7. The third-order valence-electron chi connectivity index (χ3n) is 3.69. The number of aromatic hydroxyl groups is 1. The average Bonchev–Trinajstić information content (AvgIpc) is 3.03. The number of ether oxygens (including phenoxy) is 1. The number of methoxy groups -OCH3 is 1. The van der Waals surface area contributed by atoms with Gasteiger partial charge in [-0.15, -0.1) is 0 Å². The van der Waals surface area contributed by atoms with Crippen LogP contribution >= 0.6 is 0 Å². The smallest absolute Gasteiger partial charge is 0.216 e. The van der Waals surface area contributed by atoms with E-state index in [0.717, 1.165) is 0 Å². The maximum atomic E-state index is 12.5. The van der Waals surface area contributed by atoms with Crippen LogP contribution < -0.4 is 4.74 Å². The number of aliphatic imine (C=N–C) groups is 1. The Morgan fingerprint density at radius 2 is 2.14 bits per heavy atom. The van der Waals surface area contributed by atoms with Gasteiger partial charge in [0.05, 0.1) is 18.2 Å². The van der Waals surface area contributed by atoms with Crippen molar-refractivity contribution in [3.8, 4) is 11.6 Å². The molecule has 0 unspecified atom stereocenters. The summed E-state index contributed by atoms with van der Waals surface area (Å²) in [5.41, 5.74) is 1.70. The number of nitrogens with one attached hydrogen (secondary N) is 1. The summed E-state index contributed by atoms with van der Waals surface area (Å²) in [5, 5.41) is 10.9. The van der Waals surface area contributed by atoms with Gasteiger partial charge in [0.2, 0.25) is 5.78 Å². The lowest BCUT2D eigenvalue weighted by Crippen LogP contribution is -2.10. The average molecular weight is 293 g/mol. The van der Waals surface area contributed by atoms with Crippen LogP contribution in [0, 0.1) is 0 Å². The highest BCUT2D eigenvalue weighted by atomic mass is 16.5. The van der Waals surface area contributed by atoms with Crippen LogP contribution in [0.3, 0.4) is 0 Å². The Morgan fingerprint density at radius 1 is 1.27 bits per heavy atom. The number of rotatable bonds is 2. The first-order valence-electron chi connectivity index (χ1n) is 6.66. The lowest BCUT2D eigenvalue weighted by molar-refractivity contribution is 0.107. The summed E-state index contributed by atoms with van der Waals surface area (Å²) < 4.78 is 5.21. The number of aromatic nitrogens is 2. The van der Waals surface area contributed by atoms with Gasteiger partial charge in [-0.1, -0.05) is 0 Å². The zero-order chi connectivity index (χ0) is 15.3. The molecule has 0 aliphatic carbocycles. The number of carbonyl (C=O) groups is 1. The van der Waals surface area contributed by atoms with Crippen molar-refractivity contribution in [1.29, 1.82) is 0 Å². The fraction of sp³-hybridized carbons (Fsp3) is 0.0625. The van der Waals surface area contributed by atoms with Crippen LogP contribution in [0.1, 0.15) is 15.9 Å². The number of H-pyrrole nitrogens is 1. The number of fused-ring (bicyclic) bond motifs is 2. The van der Waals surface area contributed by atoms with Crippen LogP contribution in [0.15, 0.2) is 41.5 Å². The van der Waals surface area contributed by atoms with E-state index in [0.29, 0.717) is 33.6 Å². The Kier molecular flexibility index (Phi) is 2.53. The van der Waals surface area contributed by atoms with Gasteiger partial charge in [0.1, 0.15) is 11.5 Å². The fourth-order valence-corrected chi connectivity index (χ4v) is 2.64. The van der Waals surface area contributed by atoms with Gasteiger partial charge >= 0.3 is 0 Å². The van der Waals surface area contributed by atoms with Gasteiger partial charge in [-0.2, -0.15) is 0 Å². The van der Waals surface area contributed by atoms with Crippen LogP contribution in [-0.4, -0.2) is 33.7 Å². The molecule has 0 radical (unpaired) electrons. The van der Waals surface area contributed by atoms with E-state index in [-0.39, 0.29) is 17.4 Å². The van der Waals surface area contributed by atoms with Crippen LogP contribution in [0.5, 0.6) is 11.6 Å². The minimum Gasteiger partial charge on any atom is -0.497 e. The number of benzene rings is 1. The minimum absolute atomic E-state index is 0.0943. The molecule has 22 heavy (non-hydrogen) atoms. The Morgan fingerprint density at radius 3 is 2.91 bits per heavy atom. The summed E-state index contributed by atoms with van der Waals surface area (Å²) in [6, 6.07) is 8.67. The molecule has 1 aliphatic heterocycles. The molecule has 1 aliphatic rings. The van der Waals surface area contributed by atoms with Crippen molar-refractivity contribution >= 4 is 28.2 Å². The molecule has 0 spiro atoms. The van der Waals surface area contributed by atoms with E-state index in [9.17, 15) is 9.90 Å². The lowest BCUT2D eigenvalue weighted by Gasteiger charge is -2.01. The van der Waals surface area contributed by atoms with E-state index in [1.807, 2.05) is 0 Å². The Labute approximate surface area is 125 Å². The molecule has 2 N–H and O–H groups in total. The molecular formula is C16H11N3O3. The number of hydrogen-bond acceptors (Lipinski definition) is 5. The Balaban J connectivity index is 1.96. The highest BCUT2D eigenvalue weighted by Gasteiger charge is 2.30. The molecular weight excluding hydrogens is 282 g/mol. The fourth-order valence-electron chi connectivity index (χ4n) is 2.64. The number of hydrogen-bond donors (Lipinski definition) is 2. The number of carbonyl (C=O) groups excluding carboxylic acids is 1. The molecule has 4 rings (SSSR count). The molecule has 6 nitrogen and oxygen atoms in total. The van der Waals surface area contributed by atoms with Gasteiger partial charge in [0, 0.05) is 17.1 Å². The van der Waals surface area contributed by atoms with E-state index in [4.69, 9.17) is 4.74 Å². The SMILES string of the molecule is COc1ccc2[nH]c(O)c(C3=Nc4ncccc4C3=O)c2c1. The number of nitrogens with zero attached hydrogens (tertiary/aromatic N) is 2. The van der Waals surface area contributed by atoms with Gasteiger partial charge in [0.25, 0.3) is 0 Å². The molecule has 0 saturated heterocycles. The summed E-state index contributed by atoms with van der Waals surface area (Å²) in [7, 11) is 1.56. The van der Waals surface area contributed by atoms with Gasteiger partial charge in [-0.25, -0.2) is 9.98 Å². The number of ketones is 1. The summed E-state index contributed by atoms with van der Waals surface area (Å²) in [5.74, 6) is 0.666. The van der Waals surface area contributed by atoms with Crippen molar-refractivity contribution in [3.63, 3.8) is 0 Å². The van der Waals surface area contributed by atoms with Crippen molar-refractivity contribution in [3.05, 3.63) is 47.7 Å². The molecule has 1 aromatic carbocycles. The largest absolute Gasteiger partial charge is 0.497 e. The molecule has 6 heteroatoms. The molecule has 0 saturated carbocycles. The number of aromatic amines is 1. The minimum atomic E-state index is -0.248. The standard InChI is InChI=1S/C16H11N3O3/c1-22-8-4-5-11-10(7-8)12(16(21)18-11)13-14(20)9-3-2-6-17-15(9)19-13/h2-7,18,21H,1H3. The van der Waals surface area contributed by atoms with Gasteiger partial charge < -0.3 is 14.8 Å². The van der Waals surface area contributed by atoms with E-state index in [1.54, 1.807) is 43.6 Å². The highest BCUT2D eigenvalue weighted by Crippen LogP contribution is 2.35. The quantitative estimate of drug-likeness (QED) is 0.760. The molecule has 3 heterocycles. The third kappa shape index (κ3) is 1.64. The maximum absolute atomic E-state index is 12.5. The second kappa shape index (κ2) is 4.42. The van der Waals surface area contributed by atoms with E-state index in [1.165, 1.54) is 0 Å². The van der Waals surface area contributed by atoms with Crippen LogP contribution in [0.4, 0.5) is 5.82 Å². The van der Waals surface area contributed by atoms with Crippen molar-refractivity contribution in [1.82, 2.24) is 9.97 Å². The Hall–Kier alpha value is -3.15. The highest BCUT2D eigenvalue weighted by molar-refractivity contribution is 6.56. The first-order chi connectivity index (χ1) is 10.7.